The topological polar surface area (TPSA) is 94.1 Å². The number of thiazole rings is 1. The largest absolute Gasteiger partial charge is 0.496 e. The molecule has 0 atom stereocenters. The van der Waals surface area contributed by atoms with E-state index in [4.69, 9.17) is 4.74 Å². The Morgan fingerprint density at radius 2 is 1.94 bits per heavy atom. The van der Waals surface area contributed by atoms with Crippen molar-refractivity contribution >= 4 is 37.4 Å². The van der Waals surface area contributed by atoms with Gasteiger partial charge in [-0.1, -0.05) is 0 Å². The maximum atomic E-state index is 14.3. The van der Waals surface area contributed by atoms with Gasteiger partial charge in [0.1, 0.15) is 17.4 Å². The number of nitrogens with one attached hydrogen (secondary N) is 1. The van der Waals surface area contributed by atoms with Crippen LogP contribution in [0, 0.1) is 12.7 Å². The lowest BCUT2D eigenvalue weighted by Crippen LogP contribution is -2.12. The highest BCUT2D eigenvalue weighted by molar-refractivity contribution is 7.93. The van der Waals surface area contributed by atoms with Gasteiger partial charge in [0.05, 0.1) is 28.8 Å². The van der Waals surface area contributed by atoms with Crippen molar-refractivity contribution in [1.82, 2.24) is 15.0 Å². The van der Waals surface area contributed by atoms with Gasteiger partial charge in [0.25, 0.3) is 16.4 Å². The normalized spacial score (nSPS) is 11.8. The standard InChI is InChI=1S/C20H15F3N4O3S2/c1-10-25-16-7-11(32(28,29)27-20-24-5-6-31-20)3-4-12(16)18(26-10)14-8-15(21)13(19(22)23)9-17(14)30-2/h3-9,19H,1-2H3,(H,24,27). The monoisotopic (exact) mass is 480 g/mol. The van der Waals surface area contributed by atoms with Crippen molar-refractivity contribution in [3.05, 3.63) is 59.1 Å². The van der Waals surface area contributed by atoms with Crippen LogP contribution >= 0.6 is 11.3 Å². The molecular weight excluding hydrogens is 465 g/mol. The molecule has 12 heteroatoms. The third-order valence-electron chi connectivity index (χ3n) is 4.55. The molecule has 1 N–H and O–H groups in total. The quantitative estimate of drug-likeness (QED) is 0.420. The second kappa shape index (κ2) is 8.36. The highest BCUT2D eigenvalue weighted by atomic mass is 32.2. The molecule has 0 spiro atoms. The Labute approximate surface area is 185 Å². The Balaban J connectivity index is 1.87. The molecule has 2 aromatic carbocycles. The second-order valence-electron chi connectivity index (χ2n) is 6.62. The second-order valence-corrected chi connectivity index (χ2v) is 9.19. The number of hydrogen-bond acceptors (Lipinski definition) is 7. The van der Waals surface area contributed by atoms with E-state index in [1.165, 1.54) is 31.5 Å². The van der Waals surface area contributed by atoms with Crippen molar-refractivity contribution in [2.75, 3.05) is 11.8 Å². The fourth-order valence-electron chi connectivity index (χ4n) is 3.14. The van der Waals surface area contributed by atoms with Gasteiger partial charge in [-0.15, -0.1) is 11.3 Å². The smallest absolute Gasteiger partial charge is 0.266 e. The van der Waals surface area contributed by atoms with Crippen molar-refractivity contribution in [3.63, 3.8) is 0 Å². The number of alkyl halides is 2. The lowest BCUT2D eigenvalue weighted by atomic mass is 10.0. The molecule has 2 heterocycles. The number of rotatable bonds is 6. The minimum atomic E-state index is -3.93. The molecule has 32 heavy (non-hydrogen) atoms. The summed E-state index contributed by atoms with van der Waals surface area (Å²) in [7, 11) is -2.66. The Morgan fingerprint density at radius 3 is 2.59 bits per heavy atom. The molecule has 0 aliphatic carbocycles. The number of ether oxygens (including phenoxy) is 1. The van der Waals surface area contributed by atoms with Crippen molar-refractivity contribution in [1.29, 1.82) is 0 Å². The van der Waals surface area contributed by atoms with E-state index >= 15 is 0 Å². The predicted molar refractivity (Wildman–Crippen MR) is 114 cm³/mol. The van der Waals surface area contributed by atoms with Crippen LogP contribution in [0.25, 0.3) is 22.2 Å². The van der Waals surface area contributed by atoms with Crippen molar-refractivity contribution in [3.8, 4) is 17.0 Å². The Kier molecular flexibility index (Phi) is 5.73. The lowest BCUT2D eigenvalue weighted by molar-refractivity contribution is 0.146. The summed E-state index contributed by atoms with van der Waals surface area (Å²) >= 11 is 1.13. The maximum Gasteiger partial charge on any atom is 0.266 e. The van der Waals surface area contributed by atoms with Crippen molar-refractivity contribution in [2.24, 2.45) is 0 Å². The average Bonchev–Trinajstić information content (AvgIpc) is 3.24. The van der Waals surface area contributed by atoms with Gasteiger partial charge in [-0.25, -0.2) is 36.5 Å². The first kappa shape index (κ1) is 22.0. The van der Waals surface area contributed by atoms with Crippen LogP contribution in [-0.4, -0.2) is 30.5 Å². The summed E-state index contributed by atoms with van der Waals surface area (Å²) in [6.45, 7) is 1.58. The van der Waals surface area contributed by atoms with Crippen LogP contribution in [0.15, 0.2) is 46.8 Å². The lowest BCUT2D eigenvalue weighted by Gasteiger charge is -2.14. The number of benzene rings is 2. The van der Waals surface area contributed by atoms with Gasteiger partial charge in [0.2, 0.25) is 0 Å². The molecule has 0 aliphatic rings. The van der Waals surface area contributed by atoms with E-state index < -0.39 is 27.8 Å². The fraction of sp³-hybridized carbons (Fsp3) is 0.150. The summed E-state index contributed by atoms with van der Waals surface area (Å²) in [6.07, 6.45) is -1.54. The van der Waals surface area contributed by atoms with Crippen LogP contribution < -0.4 is 9.46 Å². The van der Waals surface area contributed by atoms with E-state index in [-0.39, 0.29) is 38.4 Å². The number of sulfonamides is 1. The van der Waals surface area contributed by atoms with Gasteiger partial charge >= 0.3 is 0 Å². The molecule has 4 rings (SSSR count). The Hall–Kier alpha value is -3.25. The number of fused-ring (bicyclic) bond motifs is 1. The molecule has 7 nitrogen and oxygen atoms in total. The molecule has 0 saturated heterocycles. The summed E-state index contributed by atoms with van der Waals surface area (Å²) in [5, 5.41) is 2.24. The number of aryl methyl sites for hydroxylation is 1. The Morgan fingerprint density at radius 1 is 1.16 bits per heavy atom. The summed E-state index contributed by atoms with van der Waals surface area (Å²) in [6, 6.07) is 6.02. The van der Waals surface area contributed by atoms with E-state index in [2.05, 4.69) is 19.7 Å². The molecule has 0 fully saturated rings. The highest BCUT2D eigenvalue weighted by Gasteiger charge is 2.22. The van der Waals surface area contributed by atoms with Gasteiger partial charge in [-0.2, -0.15) is 0 Å². The SMILES string of the molecule is COc1cc(C(F)F)c(F)cc1-c1nc(C)nc2cc(S(=O)(=O)Nc3nccs3)ccc12. The molecular formula is C20H15F3N4O3S2. The van der Waals surface area contributed by atoms with E-state index in [0.717, 1.165) is 23.5 Å². The summed E-state index contributed by atoms with van der Waals surface area (Å²) < 4.78 is 73.5. The van der Waals surface area contributed by atoms with Crippen LogP contribution in [0.5, 0.6) is 5.75 Å². The average molecular weight is 480 g/mol. The van der Waals surface area contributed by atoms with E-state index in [1.54, 1.807) is 12.3 Å². The number of halogens is 3. The number of nitrogens with zero attached hydrogens (tertiary/aromatic N) is 3. The van der Waals surface area contributed by atoms with Gasteiger partial charge < -0.3 is 4.74 Å². The summed E-state index contributed by atoms with van der Waals surface area (Å²) in [5.74, 6) is -0.828. The molecule has 0 radical (unpaired) electrons. The molecule has 0 unspecified atom stereocenters. The first-order chi connectivity index (χ1) is 15.2. The first-order valence-corrected chi connectivity index (χ1v) is 11.4. The molecule has 0 bridgehead atoms. The highest BCUT2D eigenvalue weighted by Crippen LogP contribution is 2.38. The molecule has 0 aliphatic heterocycles. The van der Waals surface area contributed by atoms with Crippen molar-refractivity contribution < 1.29 is 26.3 Å². The first-order valence-electron chi connectivity index (χ1n) is 9.06. The van der Waals surface area contributed by atoms with Gasteiger partial charge in [0, 0.05) is 22.5 Å². The van der Waals surface area contributed by atoms with Gasteiger partial charge in [-0.05, 0) is 37.3 Å². The van der Waals surface area contributed by atoms with Gasteiger partial charge in [-0.3, -0.25) is 4.72 Å². The van der Waals surface area contributed by atoms with Crippen molar-refractivity contribution in [2.45, 2.75) is 18.2 Å². The number of methoxy groups -OCH3 is 1. The molecule has 2 aromatic heterocycles. The molecule has 166 valence electrons. The fourth-order valence-corrected chi connectivity index (χ4v) is 4.94. The summed E-state index contributed by atoms with van der Waals surface area (Å²) in [4.78, 5) is 12.5. The zero-order valence-electron chi connectivity index (χ0n) is 16.6. The van der Waals surface area contributed by atoms with Crippen LogP contribution in [0.2, 0.25) is 0 Å². The van der Waals surface area contributed by atoms with E-state index in [9.17, 15) is 21.6 Å². The van der Waals surface area contributed by atoms with E-state index in [0.29, 0.717) is 5.39 Å². The van der Waals surface area contributed by atoms with Crippen LogP contribution in [0.1, 0.15) is 17.8 Å². The van der Waals surface area contributed by atoms with Gasteiger partial charge in [0.15, 0.2) is 5.13 Å². The maximum absolute atomic E-state index is 14.3. The zero-order valence-corrected chi connectivity index (χ0v) is 18.3. The van der Waals surface area contributed by atoms with Crippen LogP contribution in [0.4, 0.5) is 18.3 Å². The third-order valence-corrected chi connectivity index (χ3v) is 6.71. The third kappa shape index (κ3) is 4.10. The number of hydrogen-bond donors (Lipinski definition) is 1. The number of aromatic nitrogens is 3. The Bertz CT molecular complexity index is 1410. The van der Waals surface area contributed by atoms with E-state index in [1.807, 2.05) is 0 Å². The predicted octanol–water partition coefficient (Wildman–Crippen LogP) is 4.95. The molecule has 4 aromatic rings. The minimum Gasteiger partial charge on any atom is -0.496 e. The van der Waals surface area contributed by atoms with Crippen LogP contribution in [0.3, 0.4) is 0 Å². The van der Waals surface area contributed by atoms with Crippen LogP contribution in [-0.2, 0) is 10.0 Å². The molecule has 0 amide bonds. The zero-order chi connectivity index (χ0) is 23.0. The number of anilines is 1. The minimum absolute atomic E-state index is 0.00299. The molecule has 0 saturated carbocycles. The summed E-state index contributed by atoms with van der Waals surface area (Å²) in [5.41, 5.74) is -0.153.